The van der Waals surface area contributed by atoms with Crippen molar-refractivity contribution in [3.05, 3.63) is 34.7 Å². The summed E-state index contributed by atoms with van der Waals surface area (Å²) >= 11 is 3.52. The fourth-order valence-corrected chi connectivity index (χ4v) is 4.80. The van der Waals surface area contributed by atoms with E-state index in [9.17, 15) is 0 Å². The summed E-state index contributed by atoms with van der Waals surface area (Å²) in [5.41, 5.74) is 2.19. The van der Waals surface area contributed by atoms with Gasteiger partial charge in [0, 0.05) is 43.0 Å². The van der Waals surface area contributed by atoms with Crippen molar-refractivity contribution < 1.29 is 4.74 Å². The average molecular weight is 421 g/mol. The summed E-state index contributed by atoms with van der Waals surface area (Å²) in [5, 5.41) is 0. The fourth-order valence-electron chi connectivity index (χ4n) is 4.45. The predicted octanol–water partition coefficient (Wildman–Crippen LogP) is 3.42. The maximum absolute atomic E-state index is 5.86. The lowest BCUT2D eigenvalue weighted by Crippen LogP contribution is -2.48. The third-order valence-electron chi connectivity index (χ3n) is 5.57. The fraction of sp³-hybridized carbons (Fsp3) is 0.650. The number of halogens is 1. The van der Waals surface area contributed by atoms with Crippen LogP contribution in [0.4, 0.5) is 0 Å². The molecule has 0 aromatic carbocycles. The molecule has 2 aromatic heterocycles. The van der Waals surface area contributed by atoms with Crippen molar-refractivity contribution in [3.63, 3.8) is 0 Å². The highest BCUT2D eigenvalue weighted by atomic mass is 79.9. The van der Waals surface area contributed by atoms with Crippen molar-refractivity contribution >= 4 is 21.6 Å². The topological polar surface area (TPSA) is 33.0 Å². The molecule has 2 atom stereocenters. The number of hydrogen-bond acceptors (Lipinski definition) is 4. The minimum atomic E-state index is 0.369. The monoisotopic (exact) mass is 420 g/mol. The molecule has 26 heavy (non-hydrogen) atoms. The Hall–Kier alpha value is -0.950. The van der Waals surface area contributed by atoms with Gasteiger partial charge in [0.25, 0.3) is 0 Å². The highest BCUT2D eigenvalue weighted by Gasteiger charge is 2.26. The van der Waals surface area contributed by atoms with E-state index in [0.717, 1.165) is 41.4 Å². The Bertz CT molecular complexity index is 730. The van der Waals surface area contributed by atoms with E-state index in [2.05, 4.69) is 62.4 Å². The highest BCUT2D eigenvalue weighted by Crippen LogP contribution is 2.22. The van der Waals surface area contributed by atoms with Gasteiger partial charge in [0.05, 0.1) is 17.9 Å². The van der Waals surface area contributed by atoms with Crippen LogP contribution < -0.4 is 0 Å². The van der Waals surface area contributed by atoms with Gasteiger partial charge in [0.2, 0.25) is 0 Å². The molecule has 2 aromatic rings. The molecule has 0 radical (unpaired) electrons. The molecular formula is C20H29BrN4O. The maximum Gasteiger partial charge on any atom is 0.137 e. The number of likely N-dealkylation sites (tertiary alicyclic amines) is 1. The summed E-state index contributed by atoms with van der Waals surface area (Å²) in [7, 11) is 0. The molecule has 2 unspecified atom stereocenters. The molecule has 0 spiro atoms. The Labute approximate surface area is 164 Å². The second-order valence-corrected chi connectivity index (χ2v) is 8.96. The van der Waals surface area contributed by atoms with Gasteiger partial charge >= 0.3 is 0 Å². The standard InChI is InChI=1S/C20H29BrN4O/c1-15-9-24(10-16(2)26-15)11-17-5-7-23(8-6-17)13-19-14-25-12-18(21)3-4-20(25)22-19/h3-4,12,14-17H,5-11,13H2,1-2H3. The van der Waals surface area contributed by atoms with Gasteiger partial charge in [-0.1, -0.05) is 0 Å². The lowest BCUT2D eigenvalue weighted by molar-refractivity contribution is -0.0732. The zero-order chi connectivity index (χ0) is 18.1. The molecule has 0 bridgehead atoms. The first-order chi connectivity index (χ1) is 12.5. The molecule has 0 N–H and O–H groups in total. The van der Waals surface area contributed by atoms with Crippen LogP contribution in [0.25, 0.3) is 5.65 Å². The number of fused-ring (bicyclic) bond motifs is 1. The van der Waals surface area contributed by atoms with E-state index in [-0.39, 0.29) is 0 Å². The number of morpholine rings is 1. The van der Waals surface area contributed by atoms with Crippen LogP contribution in [0.5, 0.6) is 0 Å². The molecule has 2 aliphatic heterocycles. The zero-order valence-electron chi connectivity index (χ0n) is 15.8. The van der Waals surface area contributed by atoms with Crippen molar-refractivity contribution in [1.29, 1.82) is 0 Å². The summed E-state index contributed by atoms with van der Waals surface area (Å²) in [6.45, 7) is 11.1. The van der Waals surface area contributed by atoms with E-state index in [1.807, 2.05) is 6.07 Å². The Balaban J connectivity index is 1.28. The van der Waals surface area contributed by atoms with Crippen molar-refractivity contribution in [2.45, 2.75) is 45.4 Å². The van der Waals surface area contributed by atoms with E-state index in [1.165, 1.54) is 32.5 Å². The van der Waals surface area contributed by atoms with E-state index in [4.69, 9.17) is 9.72 Å². The molecule has 6 heteroatoms. The van der Waals surface area contributed by atoms with E-state index >= 15 is 0 Å². The Morgan fingerprint density at radius 1 is 1.08 bits per heavy atom. The lowest BCUT2D eigenvalue weighted by Gasteiger charge is -2.39. The van der Waals surface area contributed by atoms with Crippen LogP contribution in [0.15, 0.2) is 29.0 Å². The van der Waals surface area contributed by atoms with Gasteiger partial charge in [0.15, 0.2) is 0 Å². The lowest BCUT2D eigenvalue weighted by atomic mass is 9.95. The molecule has 2 saturated heterocycles. The Morgan fingerprint density at radius 2 is 1.81 bits per heavy atom. The van der Waals surface area contributed by atoms with Gasteiger partial charge in [-0.15, -0.1) is 0 Å². The molecule has 0 aliphatic carbocycles. The summed E-state index contributed by atoms with van der Waals surface area (Å²) in [5.74, 6) is 0.820. The number of nitrogens with zero attached hydrogens (tertiary/aromatic N) is 4. The number of hydrogen-bond donors (Lipinski definition) is 0. The number of aromatic nitrogens is 2. The van der Waals surface area contributed by atoms with Crippen molar-refractivity contribution in [2.24, 2.45) is 5.92 Å². The van der Waals surface area contributed by atoms with Crippen LogP contribution >= 0.6 is 15.9 Å². The maximum atomic E-state index is 5.86. The van der Waals surface area contributed by atoms with Crippen LogP contribution in [-0.4, -0.2) is 64.1 Å². The molecule has 142 valence electrons. The number of ether oxygens (including phenoxy) is 1. The van der Waals surface area contributed by atoms with Crippen molar-refractivity contribution in [3.8, 4) is 0 Å². The number of piperidine rings is 1. The SMILES string of the molecule is CC1CN(CC2CCN(Cc3cn4cc(Br)ccc4n3)CC2)CC(C)O1. The largest absolute Gasteiger partial charge is 0.373 e. The van der Waals surface area contributed by atoms with Gasteiger partial charge in [-0.2, -0.15) is 0 Å². The highest BCUT2D eigenvalue weighted by molar-refractivity contribution is 9.10. The van der Waals surface area contributed by atoms with Crippen LogP contribution in [-0.2, 0) is 11.3 Å². The van der Waals surface area contributed by atoms with Crippen LogP contribution in [0.3, 0.4) is 0 Å². The van der Waals surface area contributed by atoms with E-state index in [1.54, 1.807) is 0 Å². The molecule has 2 fully saturated rings. The minimum absolute atomic E-state index is 0.369. The molecule has 5 nitrogen and oxygen atoms in total. The molecule has 4 rings (SSSR count). The van der Waals surface area contributed by atoms with Crippen LogP contribution in [0, 0.1) is 5.92 Å². The molecular weight excluding hydrogens is 392 g/mol. The number of rotatable bonds is 4. The zero-order valence-corrected chi connectivity index (χ0v) is 17.4. The van der Waals surface area contributed by atoms with Crippen molar-refractivity contribution in [2.75, 3.05) is 32.7 Å². The van der Waals surface area contributed by atoms with E-state index in [0.29, 0.717) is 12.2 Å². The first-order valence-electron chi connectivity index (χ1n) is 9.78. The third-order valence-corrected chi connectivity index (χ3v) is 6.04. The normalized spacial score (nSPS) is 26.6. The summed E-state index contributed by atoms with van der Waals surface area (Å²) in [4.78, 5) is 9.92. The second kappa shape index (κ2) is 7.97. The van der Waals surface area contributed by atoms with Crippen LogP contribution in [0.1, 0.15) is 32.4 Å². The van der Waals surface area contributed by atoms with Gasteiger partial charge < -0.3 is 9.14 Å². The molecule has 0 amide bonds. The third kappa shape index (κ3) is 4.47. The minimum Gasteiger partial charge on any atom is -0.373 e. The number of pyridine rings is 1. The first-order valence-corrected chi connectivity index (χ1v) is 10.6. The molecule has 4 heterocycles. The smallest absolute Gasteiger partial charge is 0.137 e. The van der Waals surface area contributed by atoms with E-state index < -0.39 is 0 Å². The van der Waals surface area contributed by atoms with Gasteiger partial charge in [-0.05, 0) is 73.8 Å². The van der Waals surface area contributed by atoms with Gasteiger partial charge in [-0.25, -0.2) is 4.98 Å². The Kier molecular flexibility index (Phi) is 5.64. The average Bonchev–Trinajstić information content (AvgIpc) is 2.97. The number of imidazole rings is 1. The van der Waals surface area contributed by atoms with Crippen molar-refractivity contribution in [1.82, 2.24) is 19.2 Å². The summed E-state index contributed by atoms with van der Waals surface area (Å²) in [6, 6.07) is 4.11. The quantitative estimate of drug-likeness (QED) is 0.758. The first kappa shape index (κ1) is 18.4. The van der Waals surface area contributed by atoms with Gasteiger partial charge in [-0.3, -0.25) is 9.80 Å². The van der Waals surface area contributed by atoms with Gasteiger partial charge in [0.1, 0.15) is 5.65 Å². The summed E-state index contributed by atoms with van der Waals surface area (Å²) < 4.78 is 9.05. The molecule has 2 aliphatic rings. The molecule has 0 saturated carbocycles. The van der Waals surface area contributed by atoms with Crippen LogP contribution in [0.2, 0.25) is 0 Å². The summed E-state index contributed by atoms with van der Waals surface area (Å²) in [6.07, 6.45) is 7.55. The second-order valence-electron chi connectivity index (χ2n) is 8.04. The predicted molar refractivity (Wildman–Crippen MR) is 107 cm³/mol. The Morgan fingerprint density at radius 3 is 2.54 bits per heavy atom.